The van der Waals surface area contributed by atoms with Crippen LogP contribution in [0.15, 0.2) is 84.9 Å². The molecule has 0 amide bonds. The second-order valence-corrected chi connectivity index (χ2v) is 6.77. The van der Waals surface area contributed by atoms with Crippen LogP contribution in [0.1, 0.15) is 28.8 Å². The van der Waals surface area contributed by atoms with Crippen LogP contribution in [-0.2, 0) is 0 Å². The highest BCUT2D eigenvalue weighted by Gasteiger charge is 2.34. The van der Waals surface area contributed by atoms with Gasteiger partial charge in [0.1, 0.15) is 17.5 Å². The molecule has 0 radical (unpaired) electrons. The summed E-state index contributed by atoms with van der Waals surface area (Å²) < 4.78 is 5.25. The minimum atomic E-state index is -0.673. The van der Waals surface area contributed by atoms with Gasteiger partial charge in [0.15, 0.2) is 0 Å². The van der Waals surface area contributed by atoms with E-state index in [9.17, 15) is 10.4 Å². The molecule has 0 saturated heterocycles. The molecule has 5 nitrogen and oxygen atoms in total. The zero-order valence-electron chi connectivity index (χ0n) is 16.0. The number of phenols is 1. The molecule has 2 N–H and O–H groups in total. The first kappa shape index (κ1) is 18.6. The number of benzene rings is 3. The number of ether oxygens (including phenoxy) is 1. The maximum Gasteiger partial charge on any atom is 0.145 e. The lowest BCUT2D eigenvalue weighted by Gasteiger charge is -2.30. The molecule has 4 rings (SSSR count). The fourth-order valence-corrected chi connectivity index (χ4v) is 3.55. The number of hydrazine groups is 1. The summed E-state index contributed by atoms with van der Waals surface area (Å²) in [6, 6.07) is 26.2. The molecule has 0 fully saturated rings. The van der Waals surface area contributed by atoms with Gasteiger partial charge in [-0.05, 0) is 47.5 Å². The Morgan fingerprint density at radius 1 is 1.00 bits per heavy atom. The van der Waals surface area contributed by atoms with Crippen molar-refractivity contribution in [2.45, 2.75) is 12.1 Å². The number of para-hydroxylation sites is 1. The van der Waals surface area contributed by atoms with Crippen molar-refractivity contribution in [1.82, 2.24) is 10.4 Å². The topological polar surface area (TPSA) is 68.5 Å². The number of hydrogen-bond acceptors (Lipinski definition) is 5. The fraction of sp³-hybridized carbons (Fsp3) is 0.125. The summed E-state index contributed by atoms with van der Waals surface area (Å²) in [7, 11) is 1.64. The van der Waals surface area contributed by atoms with Gasteiger partial charge in [-0.1, -0.05) is 48.5 Å². The van der Waals surface area contributed by atoms with Crippen molar-refractivity contribution in [1.29, 1.82) is 5.26 Å². The highest BCUT2D eigenvalue weighted by Crippen LogP contribution is 2.39. The van der Waals surface area contributed by atoms with Gasteiger partial charge in [-0.3, -0.25) is 0 Å². The van der Waals surface area contributed by atoms with Crippen molar-refractivity contribution in [2.75, 3.05) is 7.11 Å². The molecule has 0 bridgehead atoms. The Morgan fingerprint density at radius 2 is 1.69 bits per heavy atom. The minimum absolute atomic E-state index is 0.102. The lowest BCUT2D eigenvalue weighted by molar-refractivity contribution is 0.167. The summed E-state index contributed by atoms with van der Waals surface area (Å²) in [4.78, 5) is 0. The highest BCUT2D eigenvalue weighted by molar-refractivity contribution is 5.67. The molecule has 3 aromatic carbocycles. The van der Waals surface area contributed by atoms with Gasteiger partial charge in [0.05, 0.1) is 24.9 Å². The summed E-state index contributed by atoms with van der Waals surface area (Å²) >= 11 is 0. The summed E-state index contributed by atoms with van der Waals surface area (Å²) in [6.07, 6.45) is 2.10. The number of aromatic hydroxyl groups is 1. The predicted molar refractivity (Wildman–Crippen MR) is 112 cm³/mol. The second-order valence-electron chi connectivity index (χ2n) is 6.77. The molecule has 3 aromatic rings. The first-order valence-electron chi connectivity index (χ1n) is 9.35. The zero-order chi connectivity index (χ0) is 20.2. The molecule has 0 aromatic heterocycles. The Kier molecular flexibility index (Phi) is 5.19. The van der Waals surface area contributed by atoms with Gasteiger partial charge < -0.3 is 15.3 Å². The van der Waals surface area contributed by atoms with Gasteiger partial charge in [-0.2, -0.15) is 10.3 Å². The first-order chi connectivity index (χ1) is 14.2. The van der Waals surface area contributed by atoms with Crippen molar-refractivity contribution >= 4 is 5.70 Å². The second kappa shape index (κ2) is 8.09. The zero-order valence-corrected chi connectivity index (χ0v) is 16.0. The third kappa shape index (κ3) is 3.66. The number of nitrogens with zero attached hydrogens (tertiary/aromatic N) is 2. The van der Waals surface area contributed by atoms with Crippen LogP contribution in [0.2, 0.25) is 0 Å². The summed E-state index contributed by atoms with van der Waals surface area (Å²) in [6.45, 7) is 0. The molecule has 1 heterocycles. The van der Waals surface area contributed by atoms with Crippen molar-refractivity contribution in [3.05, 3.63) is 102 Å². The Hall–Kier alpha value is -3.75. The van der Waals surface area contributed by atoms with E-state index in [0.717, 1.165) is 22.6 Å². The van der Waals surface area contributed by atoms with Crippen LogP contribution in [0.5, 0.6) is 11.5 Å². The van der Waals surface area contributed by atoms with Crippen LogP contribution >= 0.6 is 0 Å². The van der Waals surface area contributed by atoms with E-state index in [4.69, 9.17) is 4.74 Å². The van der Waals surface area contributed by atoms with E-state index in [-0.39, 0.29) is 11.8 Å². The smallest absolute Gasteiger partial charge is 0.145 e. The summed E-state index contributed by atoms with van der Waals surface area (Å²) in [5.41, 5.74) is 6.90. The van der Waals surface area contributed by atoms with Gasteiger partial charge in [0.2, 0.25) is 0 Å². The summed E-state index contributed by atoms with van der Waals surface area (Å²) in [5.74, 6) is 0.887. The Balaban J connectivity index is 1.74. The molecular weight excluding hydrogens is 362 g/mol. The van der Waals surface area contributed by atoms with Gasteiger partial charge >= 0.3 is 0 Å². The van der Waals surface area contributed by atoms with Crippen molar-refractivity contribution < 1.29 is 9.84 Å². The molecule has 5 heteroatoms. The largest absolute Gasteiger partial charge is 0.508 e. The van der Waals surface area contributed by atoms with Crippen molar-refractivity contribution in [2.24, 2.45) is 0 Å². The molecular formula is C24H21N3O2. The molecule has 1 aliphatic rings. The van der Waals surface area contributed by atoms with Gasteiger partial charge in [0.25, 0.3) is 0 Å². The Morgan fingerprint density at radius 3 is 2.34 bits per heavy atom. The van der Waals surface area contributed by atoms with Crippen LogP contribution in [-0.4, -0.2) is 17.2 Å². The number of nitriles is 1. The molecule has 0 saturated carbocycles. The predicted octanol–water partition coefficient (Wildman–Crippen LogP) is 4.57. The van der Waals surface area contributed by atoms with E-state index in [0.29, 0.717) is 5.56 Å². The molecule has 0 spiro atoms. The fourth-order valence-electron chi connectivity index (χ4n) is 3.55. The lowest BCUT2D eigenvalue weighted by Crippen LogP contribution is -2.37. The van der Waals surface area contributed by atoms with E-state index in [1.54, 1.807) is 25.3 Å². The molecule has 0 aliphatic carbocycles. The third-order valence-corrected chi connectivity index (χ3v) is 5.05. The monoisotopic (exact) mass is 383 g/mol. The van der Waals surface area contributed by atoms with Crippen LogP contribution in [0.4, 0.5) is 0 Å². The van der Waals surface area contributed by atoms with E-state index in [1.165, 1.54) is 0 Å². The van der Waals surface area contributed by atoms with E-state index < -0.39 is 6.04 Å². The van der Waals surface area contributed by atoms with Crippen LogP contribution in [0.25, 0.3) is 5.70 Å². The number of nitrogens with one attached hydrogen (secondary N) is 1. The molecule has 29 heavy (non-hydrogen) atoms. The number of phenolic OH excluding ortho intramolecular Hbond substituents is 1. The Labute approximate surface area is 170 Å². The highest BCUT2D eigenvalue weighted by atomic mass is 16.5. The minimum Gasteiger partial charge on any atom is -0.508 e. The van der Waals surface area contributed by atoms with Gasteiger partial charge in [-0.15, -0.1) is 0 Å². The molecule has 2 atom stereocenters. The van der Waals surface area contributed by atoms with Crippen LogP contribution in [0.3, 0.4) is 0 Å². The average molecular weight is 383 g/mol. The van der Waals surface area contributed by atoms with Gasteiger partial charge in [0, 0.05) is 5.56 Å². The standard InChI is InChI=1S/C24H21N3O2/c1-29-19-13-11-17(12-14-19)21-15-22(18-7-3-2-4-8-18)27(26-21)23(16-25)20-9-5-6-10-24(20)28/h2-15,22-23,26,28H,1H3. The van der Waals surface area contributed by atoms with E-state index in [2.05, 4.69) is 17.6 Å². The maximum absolute atomic E-state index is 10.3. The van der Waals surface area contributed by atoms with Crippen LogP contribution < -0.4 is 10.2 Å². The summed E-state index contributed by atoms with van der Waals surface area (Å²) in [5, 5.41) is 22.2. The number of rotatable bonds is 5. The molecule has 1 aliphatic heterocycles. The van der Waals surface area contributed by atoms with E-state index in [1.807, 2.05) is 65.7 Å². The van der Waals surface area contributed by atoms with Crippen molar-refractivity contribution in [3.8, 4) is 17.6 Å². The molecule has 2 unspecified atom stereocenters. The first-order valence-corrected chi connectivity index (χ1v) is 9.35. The quantitative estimate of drug-likeness (QED) is 0.676. The average Bonchev–Trinajstić information content (AvgIpc) is 3.21. The number of hydrogen-bond donors (Lipinski definition) is 2. The van der Waals surface area contributed by atoms with Gasteiger partial charge in [-0.25, -0.2) is 0 Å². The maximum atomic E-state index is 10.3. The van der Waals surface area contributed by atoms with E-state index >= 15 is 0 Å². The normalized spacial score (nSPS) is 17.1. The van der Waals surface area contributed by atoms with Crippen molar-refractivity contribution in [3.63, 3.8) is 0 Å². The molecule has 144 valence electrons. The lowest BCUT2D eigenvalue weighted by atomic mass is 10.0. The third-order valence-electron chi connectivity index (χ3n) is 5.05. The SMILES string of the molecule is COc1ccc(C2=CC(c3ccccc3)N(C(C#N)c3ccccc3O)N2)cc1. The van der Waals surface area contributed by atoms with Crippen LogP contribution in [0, 0.1) is 11.3 Å². The number of methoxy groups -OCH3 is 1. The Bertz CT molecular complexity index is 1060.